The number of aromatic nitrogens is 4. The lowest BCUT2D eigenvalue weighted by Crippen LogP contribution is -2.17. The number of carboxylic acid groups (broad SMARTS) is 1. The number of hydrogen-bond donors (Lipinski definition) is 3. The highest BCUT2D eigenvalue weighted by atomic mass is 16.5. The van der Waals surface area contributed by atoms with Gasteiger partial charge >= 0.3 is 11.9 Å². The van der Waals surface area contributed by atoms with E-state index < -0.39 is 17.8 Å². The highest BCUT2D eigenvalue weighted by Crippen LogP contribution is 2.21. The van der Waals surface area contributed by atoms with Crippen molar-refractivity contribution in [3.63, 3.8) is 0 Å². The third-order valence-corrected chi connectivity index (χ3v) is 3.36. The molecule has 10 heteroatoms. The van der Waals surface area contributed by atoms with E-state index in [1.54, 1.807) is 12.1 Å². The largest absolute Gasteiger partial charge is 0.476 e. The highest BCUT2D eigenvalue weighted by molar-refractivity contribution is 6.13. The van der Waals surface area contributed by atoms with Crippen molar-refractivity contribution in [1.29, 1.82) is 0 Å². The maximum Gasteiger partial charge on any atom is 0.356 e. The fourth-order valence-electron chi connectivity index (χ4n) is 2.23. The van der Waals surface area contributed by atoms with Gasteiger partial charge in [-0.15, -0.1) is 0 Å². The van der Waals surface area contributed by atoms with E-state index in [0.717, 1.165) is 6.33 Å². The molecule has 0 aliphatic carbocycles. The van der Waals surface area contributed by atoms with Crippen LogP contribution in [0, 0.1) is 0 Å². The molecule has 0 bridgehead atoms. The molecule has 0 fully saturated rings. The van der Waals surface area contributed by atoms with Crippen LogP contribution in [0.3, 0.4) is 0 Å². The number of esters is 1. The number of fused-ring (bicyclic) bond motifs is 1. The van der Waals surface area contributed by atoms with Crippen molar-refractivity contribution in [1.82, 2.24) is 20.2 Å². The molecule has 1 amide bonds. The van der Waals surface area contributed by atoms with Crippen molar-refractivity contribution in [2.24, 2.45) is 0 Å². The van der Waals surface area contributed by atoms with Crippen molar-refractivity contribution in [3.8, 4) is 0 Å². The molecular weight excluding hydrogens is 330 g/mol. The Kier molecular flexibility index (Phi) is 4.08. The average Bonchev–Trinajstić information content (AvgIpc) is 3.03. The van der Waals surface area contributed by atoms with Crippen LogP contribution in [-0.4, -0.2) is 50.2 Å². The molecule has 0 atom stereocenters. The number of ether oxygens (including phenoxy) is 1. The Morgan fingerprint density at radius 3 is 2.56 bits per heavy atom. The lowest BCUT2D eigenvalue weighted by Gasteiger charge is -2.07. The number of aromatic carboxylic acids is 1. The number of hydrogen-bond acceptors (Lipinski definition) is 7. The van der Waals surface area contributed by atoms with Gasteiger partial charge in [-0.3, -0.25) is 9.89 Å². The summed E-state index contributed by atoms with van der Waals surface area (Å²) in [4.78, 5) is 43.0. The van der Waals surface area contributed by atoms with E-state index in [0.29, 0.717) is 0 Å². The first-order valence-corrected chi connectivity index (χ1v) is 6.94. The molecule has 0 radical (unpaired) electrons. The van der Waals surface area contributed by atoms with Gasteiger partial charge in [0.05, 0.1) is 18.2 Å². The maximum absolute atomic E-state index is 12.5. The van der Waals surface area contributed by atoms with Crippen LogP contribution in [0.5, 0.6) is 0 Å². The second kappa shape index (κ2) is 6.35. The van der Waals surface area contributed by atoms with Crippen molar-refractivity contribution < 1.29 is 24.2 Å². The lowest BCUT2D eigenvalue weighted by molar-refractivity contribution is 0.0596. The number of rotatable bonds is 4. The Balaban J connectivity index is 1.98. The summed E-state index contributed by atoms with van der Waals surface area (Å²) in [5, 5.41) is 17.9. The predicted octanol–water partition coefficient (Wildman–Crippen LogP) is 1.09. The van der Waals surface area contributed by atoms with E-state index in [2.05, 4.69) is 30.2 Å². The Bertz CT molecular complexity index is 997. The molecule has 3 rings (SSSR count). The van der Waals surface area contributed by atoms with Gasteiger partial charge in [0.2, 0.25) is 0 Å². The van der Waals surface area contributed by atoms with Crippen LogP contribution in [0.4, 0.5) is 5.82 Å². The molecule has 0 spiro atoms. The molecule has 0 unspecified atom stereocenters. The Morgan fingerprint density at radius 2 is 1.88 bits per heavy atom. The summed E-state index contributed by atoms with van der Waals surface area (Å²) < 4.78 is 4.65. The smallest absolute Gasteiger partial charge is 0.356 e. The van der Waals surface area contributed by atoms with E-state index in [4.69, 9.17) is 5.11 Å². The van der Waals surface area contributed by atoms with Crippen LogP contribution < -0.4 is 5.32 Å². The minimum absolute atomic E-state index is 0.0181. The molecular formula is C15H11N5O5. The van der Waals surface area contributed by atoms with E-state index in [-0.39, 0.29) is 33.7 Å². The minimum Gasteiger partial charge on any atom is -0.476 e. The van der Waals surface area contributed by atoms with E-state index in [9.17, 15) is 14.4 Å². The number of benzene rings is 1. The zero-order valence-electron chi connectivity index (χ0n) is 12.8. The van der Waals surface area contributed by atoms with Crippen LogP contribution >= 0.6 is 0 Å². The van der Waals surface area contributed by atoms with E-state index in [1.165, 1.54) is 19.2 Å². The second-order valence-electron chi connectivity index (χ2n) is 4.81. The third kappa shape index (κ3) is 2.87. The summed E-state index contributed by atoms with van der Waals surface area (Å²) >= 11 is 0. The Hall–Kier alpha value is -3.82. The van der Waals surface area contributed by atoms with Crippen molar-refractivity contribution in [3.05, 3.63) is 47.4 Å². The number of carbonyl (C=O) groups excluding carboxylic acids is 2. The highest BCUT2D eigenvalue weighted by Gasteiger charge is 2.21. The van der Waals surface area contributed by atoms with Crippen molar-refractivity contribution in [2.45, 2.75) is 0 Å². The van der Waals surface area contributed by atoms with Gasteiger partial charge in [0.1, 0.15) is 17.4 Å². The van der Waals surface area contributed by atoms with E-state index in [1.807, 2.05) is 0 Å². The fourth-order valence-corrected chi connectivity index (χ4v) is 2.23. The summed E-state index contributed by atoms with van der Waals surface area (Å²) in [6.07, 6.45) is 1.05. The van der Waals surface area contributed by atoms with Crippen molar-refractivity contribution >= 4 is 34.7 Å². The summed E-state index contributed by atoms with van der Waals surface area (Å²) in [5.41, 5.74) is 0.108. The third-order valence-electron chi connectivity index (χ3n) is 3.36. The fraction of sp³-hybridized carbons (Fsp3) is 0.0667. The number of anilines is 1. The molecule has 0 aliphatic rings. The number of nitrogens with zero attached hydrogens (tertiary/aromatic N) is 3. The van der Waals surface area contributed by atoms with E-state index >= 15 is 0 Å². The van der Waals surface area contributed by atoms with Gasteiger partial charge in [-0.1, -0.05) is 12.1 Å². The van der Waals surface area contributed by atoms with Crippen LogP contribution in [-0.2, 0) is 4.74 Å². The van der Waals surface area contributed by atoms with Gasteiger partial charge in [-0.2, -0.15) is 5.10 Å². The zero-order valence-corrected chi connectivity index (χ0v) is 12.8. The molecule has 0 saturated heterocycles. The number of amides is 1. The monoisotopic (exact) mass is 341 g/mol. The van der Waals surface area contributed by atoms with Gasteiger partial charge in [0.25, 0.3) is 5.91 Å². The number of carbonyl (C=O) groups is 3. The molecule has 25 heavy (non-hydrogen) atoms. The molecule has 3 aromatic rings. The standard InChI is InChI=1S/C15H11N5O5/c1-25-15(24)8-5-3-2-4-7(8)13(21)18-12-10-9(19-20-12)11(14(22)23)17-6-16-10/h2-6H,1H3,(H,22,23)(H2,18,19,20,21). The van der Waals surface area contributed by atoms with Gasteiger partial charge in [0.15, 0.2) is 11.5 Å². The number of methoxy groups -OCH3 is 1. The van der Waals surface area contributed by atoms with Crippen LogP contribution in [0.1, 0.15) is 31.2 Å². The van der Waals surface area contributed by atoms with Crippen molar-refractivity contribution in [2.75, 3.05) is 12.4 Å². The lowest BCUT2D eigenvalue weighted by atomic mass is 10.1. The van der Waals surface area contributed by atoms with Crippen LogP contribution in [0.15, 0.2) is 30.6 Å². The number of aromatic amines is 1. The Morgan fingerprint density at radius 1 is 1.16 bits per heavy atom. The van der Waals surface area contributed by atoms with Crippen LogP contribution in [0.2, 0.25) is 0 Å². The number of carboxylic acids is 1. The molecule has 3 N–H and O–H groups in total. The molecule has 10 nitrogen and oxygen atoms in total. The second-order valence-corrected chi connectivity index (χ2v) is 4.81. The predicted molar refractivity (Wildman–Crippen MR) is 84.4 cm³/mol. The van der Waals surface area contributed by atoms with Gasteiger partial charge < -0.3 is 15.2 Å². The quantitative estimate of drug-likeness (QED) is 0.597. The zero-order chi connectivity index (χ0) is 18.0. The summed E-state index contributed by atoms with van der Waals surface area (Å²) in [6.45, 7) is 0. The minimum atomic E-state index is -1.26. The van der Waals surface area contributed by atoms with Gasteiger partial charge in [-0.25, -0.2) is 19.6 Å². The molecule has 2 heterocycles. The summed E-state index contributed by atoms with van der Waals surface area (Å²) in [7, 11) is 1.21. The first-order valence-electron chi connectivity index (χ1n) is 6.94. The SMILES string of the molecule is COC(=O)c1ccccc1C(=O)Nc1n[nH]c2c(C(=O)O)ncnc12. The van der Waals surface area contributed by atoms with Gasteiger partial charge in [0, 0.05) is 0 Å². The summed E-state index contributed by atoms with van der Waals surface area (Å²) in [6, 6.07) is 6.09. The summed E-state index contributed by atoms with van der Waals surface area (Å²) in [5.74, 6) is -2.52. The average molecular weight is 341 g/mol. The number of nitrogens with one attached hydrogen (secondary N) is 2. The molecule has 126 valence electrons. The molecule has 1 aromatic carbocycles. The maximum atomic E-state index is 12.5. The van der Waals surface area contributed by atoms with Crippen LogP contribution in [0.25, 0.3) is 11.0 Å². The number of H-pyrrole nitrogens is 1. The molecule has 0 aliphatic heterocycles. The first kappa shape index (κ1) is 16.1. The van der Waals surface area contributed by atoms with Gasteiger partial charge in [-0.05, 0) is 12.1 Å². The Labute approximate surface area is 139 Å². The first-order chi connectivity index (χ1) is 12.0. The molecule has 0 saturated carbocycles. The topological polar surface area (TPSA) is 147 Å². The normalized spacial score (nSPS) is 10.4. The molecule has 2 aromatic heterocycles.